The molecule has 0 bridgehead atoms. The van der Waals surface area contributed by atoms with E-state index < -0.39 is 14.2 Å². The van der Waals surface area contributed by atoms with E-state index in [1.54, 1.807) is 56.9 Å². The van der Waals surface area contributed by atoms with Gasteiger partial charge in [-0.3, -0.25) is 0 Å². The summed E-state index contributed by atoms with van der Waals surface area (Å²) in [7, 11) is 9.73. The van der Waals surface area contributed by atoms with Gasteiger partial charge in [0.15, 0.2) is 0 Å². The zero-order chi connectivity index (χ0) is 41.1. The van der Waals surface area contributed by atoms with Gasteiger partial charge in [0, 0.05) is 210 Å². The summed E-state index contributed by atoms with van der Waals surface area (Å²) >= 11 is 0. The van der Waals surface area contributed by atoms with Gasteiger partial charge in [0.05, 0.1) is 0 Å². The van der Waals surface area contributed by atoms with Crippen LogP contribution in [-0.2, 0) is 0 Å². The fraction of sp³-hybridized carbons (Fsp3) is 1.00. The lowest BCUT2D eigenvalue weighted by Gasteiger charge is -2.63. The Bertz CT molecular complexity index is 1030. The van der Waals surface area contributed by atoms with Crippen LogP contribution in [-0.4, -0.2) is 227 Å². The smallest absolute Gasteiger partial charge is 0.0355 e. The summed E-state index contributed by atoms with van der Waals surface area (Å²) in [6, 6.07) is 5.66. The largest absolute Gasteiger partial charge is 0.0776 e. The fourth-order valence-corrected chi connectivity index (χ4v) is 519. The molecule has 378 valence electrons. The molecule has 0 N–H and O–H groups in total. The average Bonchev–Trinajstić information content (AvgIpc) is 3.26. The monoisotopic (exact) mass is 1280 g/mol. The van der Waals surface area contributed by atoms with Gasteiger partial charge in [-0.25, -0.2) is 0 Å². The van der Waals surface area contributed by atoms with Crippen molar-refractivity contribution in [3.05, 3.63) is 0 Å². The third-order valence-corrected chi connectivity index (χ3v) is 342. The summed E-state index contributed by atoms with van der Waals surface area (Å²) in [6.07, 6.45) is 0. The van der Waals surface area contributed by atoms with Crippen molar-refractivity contribution in [2.75, 3.05) is 0 Å². The molecule has 61 heavy (non-hydrogen) atoms. The van der Waals surface area contributed by atoms with Crippen LogP contribution in [0.5, 0.6) is 0 Å². The maximum atomic E-state index is 3.04. The van der Waals surface area contributed by atoms with Crippen molar-refractivity contribution in [3.63, 3.8) is 0 Å². The highest BCUT2D eigenvalue weighted by atomic mass is 30.1. The SMILES string of the molecule is C.C.C.C.C.C.C.C[SiH2]C[SiH](C)C[SiH](C)[SiH]1[SiH2]C[SiH2]C([SiH3])C[SiH]1C.C[SiH2]C[SiH](C)C[SiH](C)[SiH]1[SiH2][SiH2][SiH2]C([SiH3])C([SiH3])C[SiH]1C.C[SiH]1C[Si]2(C)CC([SiH3])C([SiH3])[SiH](C)[Si]2(C)[SiH](C)[SiH]1C. The topological polar surface area (TPSA) is 0 Å². The first-order valence-electron chi connectivity index (χ1n) is 25.1. The minimum atomic E-state index is -0.698. The van der Waals surface area contributed by atoms with Gasteiger partial charge < -0.3 is 0 Å². The summed E-state index contributed by atoms with van der Waals surface area (Å²) in [5.41, 5.74) is 14.1. The van der Waals surface area contributed by atoms with Crippen molar-refractivity contribution in [2.24, 2.45) is 0 Å². The summed E-state index contributed by atoms with van der Waals surface area (Å²) in [5, 5.41) is 4.27. The van der Waals surface area contributed by atoms with Crippen LogP contribution in [0.2, 0.25) is 170 Å². The highest BCUT2D eigenvalue weighted by Crippen LogP contribution is 2.49. The Morgan fingerprint density at radius 2 is 1.15 bits per heavy atom. The van der Waals surface area contributed by atoms with E-state index in [9.17, 15) is 0 Å². The number of rotatable bonds is 10. The Hall–Kier alpha value is 5.64. The molecule has 4 rings (SSSR count). The van der Waals surface area contributed by atoms with Gasteiger partial charge in [0.1, 0.15) is 0 Å². The Kier molecular flexibility index (Phi) is 49.0. The van der Waals surface area contributed by atoms with Crippen molar-refractivity contribution in [1.29, 1.82) is 0 Å². The third-order valence-electron chi connectivity index (χ3n) is 19.1. The third kappa shape index (κ3) is 23.4. The predicted octanol–water partition coefficient (Wildman–Crippen LogP) is -2.41. The van der Waals surface area contributed by atoms with E-state index in [1.807, 2.05) is 46.5 Å². The molecule has 0 spiro atoms. The zero-order valence-corrected chi connectivity index (χ0v) is 76.9. The zero-order valence-electron chi connectivity index (χ0n) is 41.1. The average molecular weight is 1290 g/mol. The van der Waals surface area contributed by atoms with E-state index in [2.05, 4.69) is 91.7 Å². The quantitative estimate of drug-likeness (QED) is 0.215. The maximum Gasteiger partial charge on any atom is 0.0355 e. The molecule has 19 atom stereocenters. The minimum Gasteiger partial charge on any atom is -0.0776 e. The van der Waals surface area contributed by atoms with E-state index in [0.29, 0.717) is 63.7 Å². The van der Waals surface area contributed by atoms with E-state index >= 15 is 0 Å². The molecule has 4 heterocycles. The van der Waals surface area contributed by atoms with E-state index in [4.69, 9.17) is 0 Å². The van der Waals surface area contributed by atoms with Crippen molar-refractivity contribution in [1.82, 2.24) is 0 Å². The Balaban J connectivity index is -0.000000176. The van der Waals surface area contributed by atoms with E-state index in [1.165, 1.54) is 26.6 Å². The molecule has 0 amide bonds. The molecule has 4 aliphatic heterocycles. The summed E-state index contributed by atoms with van der Waals surface area (Å²) < 4.78 is 0. The van der Waals surface area contributed by atoms with Gasteiger partial charge >= 0.3 is 0 Å². The molecule has 26 heteroatoms. The van der Waals surface area contributed by atoms with Crippen LogP contribution in [0, 0.1) is 0 Å². The molecule has 0 aliphatic carbocycles. The molecular weight excluding hydrogens is 1150 g/mol. The molecule has 4 fully saturated rings. The van der Waals surface area contributed by atoms with Crippen LogP contribution < -0.4 is 0 Å². The van der Waals surface area contributed by atoms with Crippen LogP contribution in [0.15, 0.2) is 0 Å². The molecule has 4 saturated heterocycles. The van der Waals surface area contributed by atoms with Crippen molar-refractivity contribution >= 4 is 227 Å². The molecule has 0 saturated carbocycles. The lowest BCUT2D eigenvalue weighted by Crippen LogP contribution is -2.85. The Morgan fingerprint density at radius 1 is 0.672 bits per heavy atom. The highest BCUT2D eigenvalue weighted by Gasteiger charge is 2.63. The standard InChI is InChI=1S/C10H34Si8.C9H38Si10.C9H34Si8.7CH4/c1-13-8-17(5)7-9(11)10(12)14(2)18(17,6)16(4)15(13)3;1-12-6-16(2)7-18(4)19-15-14-13-9(11)8(10)5-17(19)3;1-11-7-14(2)8-16(4)17-13-6-12-9(10)5-15(17)3;;;;;;;/h9-10,13-16H,7-8H2,1-6,11-12H3;8-9,16-19H,5-7,12-15H2,1-4,10-11H3;9,14-17H,5-8,11-13H2,1-4,10H3;7*1H4. The first-order chi connectivity index (χ1) is 25.1. The number of fused-ring (bicyclic) bond motifs is 1. The first-order valence-corrected chi connectivity index (χ1v) is 99.5. The summed E-state index contributed by atoms with van der Waals surface area (Å²) in [4.78, 5) is 0. The summed E-state index contributed by atoms with van der Waals surface area (Å²) in [6.45, 7) is 39.0. The maximum absolute atomic E-state index is 3.04. The van der Waals surface area contributed by atoms with E-state index in [0.717, 1.165) is 0 Å². The Labute approximate surface area is 444 Å². The van der Waals surface area contributed by atoms with Crippen LogP contribution >= 0.6 is 0 Å². The van der Waals surface area contributed by atoms with Gasteiger partial charge in [-0.05, 0) is 17.1 Å². The van der Waals surface area contributed by atoms with Gasteiger partial charge in [-0.2, -0.15) is 0 Å². The van der Waals surface area contributed by atoms with Gasteiger partial charge in [0.25, 0.3) is 0 Å². The predicted molar refractivity (Wildman–Crippen MR) is 398 cm³/mol. The highest BCUT2D eigenvalue weighted by molar-refractivity contribution is 7.96. The molecular formula is C35H134Si26. The lowest BCUT2D eigenvalue weighted by atomic mass is 10.5. The van der Waals surface area contributed by atoms with E-state index in [-0.39, 0.29) is 150 Å². The van der Waals surface area contributed by atoms with Gasteiger partial charge in [-0.1, -0.05) is 222 Å². The first kappa shape index (κ1) is 78.1. The Morgan fingerprint density at radius 3 is 1.64 bits per heavy atom. The molecule has 0 aromatic heterocycles. The molecule has 0 aromatic carbocycles. The van der Waals surface area contributed by atoms with Gasteiger partial charge in [-0.15, -0.1) is 0 Å². The summed E-state index contributed by atoms with van der Waals surface area (Å²) in [5.74, 6) is 0. The molecule has 0 nitrogen and oxygen atoms in total. The molecule has 0 radical (unpaired) electrons. The van der Waals surface area contributed by atoms with Crippen molar-refractivity contribution in [2.45, 2.75) is 222 Å². The number of hydrogen-bond acceptors (Lipinski definition) is 0. The number of hydrogen-bond donors (Lipinski definition) is 0. The van der Waals surface area contributed by atoms with Crippen LogP contribution in [0.1, 0.15) is 52.0 Å². The van der Waals surface area contributed by atoms with Crippen LogP contribution in [0.25, 0.3) is 0 Å². The van der Waals surface area contributed by atoms with Crippen LogP contribution in [0.4, 0.5) is 0 Å². The minimum absolute atomic E-state index is 0. The second-order valence-corrected chi connectivity index (χ2v) is 192. The second-order valence-electron chi connectivity index (χ2n) is 23.4. The second kappa shape index (κ2) is 38.3. The van der Waals surface area contributed by atoms with Crippen molar-refractivity contribution < 1.29 is 0 Å². The normalized spacial score (nSPS) is 41.5. The van der Waals surface area contributed by atoms with Gasteiger partial charge in [0.2, 0.25) is 0 Å². The van der Waals surface area contributed by atoms with Crippen LogP contribution in [0.3, 0.4) is 0 Å². The molecule has 0 aromatic rings. The fourth-order valence-electron chi connectivity index (χ4n) is 14.6. The van der Waals surface area contributed by atoms with Crippen molar-refractivity contribution in [3.8, 4) is 0 Å². The molecule has 4 aliphatic rings. The molecule has 19 unspecified atom stereocenters. The lowest BCUT2D eigenvalue weighted by molar-refractivity contribution is 0.967.